The summed E-state index contributed by atoms with van der Waals surface area (Å²) in [5, 5.41) is 9.74. The molecule has 2 heterocycles. The second-order valence-corrected chi connectivity index (χ2v) is 8.18. The predicted molar refractivity (Wildman–Crippen MR) is 98.9 cm³/mol. The van der Waals surface area contributed by atoms with Crippen LogP contribution in [0.5, 0.6) is 0 Å². The summed E-state index contributed by atoms with van der Waals surface area (Å²) in [4.78, 5) is 41.2. The molecule has 1 aromatic rings. The summed E-state index contributed by atoms with van der Waals surface area (Å²) in [6, 6.07) is 9.13. The van der Waals surface area contributed by atoms with Crippen LogP contribution in [0, 0.1) is 11.3 Å². The van der Waals surface area contributed by atoms with E-state index in [0.29, 0.717) is 38.9 Å². The van der Waals surface area contributed by atoms with Crippen molar-refractivity contribution >= 4 is 17.8 Å². The van der Waals surface area contributed by atoms with Crippen molar-refractivity contribution in [1.82, 2.24) is 9.80 Å². The third kappa shape index (κ3) is 3.11. The third-order valence-electron chi connectivity index (χ3n) is 6.66. The molecule has 0 radical (unpaired) electrons. The summed E-state index contributed by atoms with van der Waals surface area (Å²) >= 11 is 0. The molecule has 6 heteroatoms. The van der Waals surface area contributed by atoms with Crippen LogP contribution in [0.1, 0.15) is 37.7 Å². The largest absolute Gasteiger partial charge is 0.481 e. The fourth-order valence-corrected chi connectivity index (χ4v) is 5.21. The minimum atomic E-state index is -0.774. The Morgan fingerprint density at radius 2 is 1.89 bits per heavy atom. The van der Waals surface area contributed by atoms with E-state index in [1.165, 1.54) is 0 Å². The number of likely N-dealkylation sites (tertiary alicyclic amines) is 2. The maximum atomic E-state index is 13.1. The van der Waals surface area contributed by atoms with Crippen molar-refractivity contribution in [3.05, 3.63) is 35.9 Å². The average molecular weight is 370 g/mol. The van der Waals surface area contributed by atoms with E-state index in [0.717, 1.165) is 24.8 Å². The SMILES string of the molecule is O=C(C1CCCN1C(=O)Cc1ccccc1)N1C[C@@H]2CCC[C@@]2(C(=O)O)C1. The van der Waals surface area contributed by atoms with Crippen molar-refractivity contribution in [3.8, 4) is 0 Å². The van der Waals surface area contributed by atoms with Gasteiger partial charge in [-0.3, -0.25) is 14.4 Å². The van der Waals surface area contributed by atoms with E-state index in [9.17, 15) is 19.5 Å². The number of benzene rings is 1. The van der Waals surface area contributed by atoms with Crippen molar-refractivity contribution < 1.29 is 19.5 Å². The number of carbonyl (C=O) groups is 3. The Balaban J connectivity index is 1.45. The zero-order valence-corrected chi connectivity index (χ0v) is 15.5. The van der Waals surface area contributed by atoms with Crippen LogP contribution < -0.4 is 0 Å². The quantitative estimate of drug-likeness (QED) is 0.879. The van der Waals surface area contributed by atoms with E-state index >= 15 is 0 Å². The second kappa shape index (κ2) is 6.98. The van der Waals surface area contributed by atoms with Crippen LogP contribution in [0.4, 0.5) is 0 Å². The highest BCUT2D eigenvalue weighted by Gasteiger charge is 2.56. The first kappa shape index (κ1) is 18.0. The third-order valence-corrected chi connectivity index (χ3v) is 6.66. The molecular weight excluding hydrogens is 344 g/mol. The molecule has 1 saturated carbocycles. The van der Waals surface area contributed by atoms with Crippen LogP contribution in [0.3, 0.4) is 0 Å². The number of carboxylic acids is 1. The van der Waals surface area contributed by atoms with Crippen LogP contribution in [0.2, 0.25) is 0 Å². The molecule has 3 aliphatic rings. The first-order valence-corrected chi connectivity index (χ1v) is 9.87. The normalized spacial score (nSPS) is 29.8. The molecule has 2 saturated heterocycles. The number of nitrogens with zero attached hydrogens (tertiary/aromatic N) is 2. The van der Waals surface area contributed by atoms with Gasteiger partial charge in [-0.15, -0.1) is 0 Å². The fourth-order valence-electron chi connectivity index (χ4n) is 5.21. The lowest BCUT2D eigenvalue weighted by Crippen LogP contribution is -2.48. The van der Waals surface area contributed by atoms with Gasteiger partial charge >= 0.3 is 5.97 Å². The molecule has 3 fully saturated rings. The van der Waals surface area contributed by atoms with E-state index in [4.69, 9.17) is 0 Å². The first-order valence-electron chi connectivity index (χ1n) is 9.87. The number of carbonyl (C=O) groups excluding carboxylic acids is 2. The Kier molecular flexibility index (Phi) is 4.66. The lowest BCUT2D eigenvalue weighted by atomic mass is 9.81. The Morgan fingerprint density at radius 1 is 1.11 bits per heavy atom. The summed E-state index contributed by atoms with van der Waals surface area (Å²) in [7, 11) is 0. The van der Waals surface area contributed by atoms with Gasteiger partial charge in [0.15, 0.2) is 0 Å². The lowest BCUT2D eigenvalue weighted by Gasteiger charge is -2.29. The molecule has 1 aromatic carbocycles. The molecule has 144 valence electrons. The summed E-state index contributed by atoms with van der Waals surface area (Å²) in [5.74, 6) is -0.814. The van der Waals surface area contributed by atoms with E-state index < -0.39 is 17.4 Å². The number of rotatable bonds is 4. The molecule has 3 atom stereocenters. The van der Waals surface area contributed by atoms with Gasteiger partial charge in [0.1, 0.15) is 6.04 Å². The Morgan fingerprint density at radius 3 is 2.59 bits per heavy atom. The first-order chi connectivity index (χ1) is 13.0. The van der Waals surface area contributed by atoms with Crippen LogP contribution in [-0.4, -0.2) is 58.4 Å². The highest BCUT2D eigenvalue weighted by atomic mass is 16.4. The molecule has 1 N–H and O–H groups in total. The maximum absolute atomic E-state index is 13.1. The predicted octanol–water partition coefficient (Wildman–Crippen LogP) is 1.93. The van der Waals surface area contributed by atoms with Gasteiger partial charge in [-0.25, -0.2) is 0 Å². The fraction of sp³-hybridized carbons (Fsp3) is 0.571. The molecule has 0 spiro atoms. The standard InChI is InChI=1S/C21H26N2O4/c24-18(12-15-6-2-1-3-7-15)23-11-5-9-17(23)19(25)22-13-16-8-4-10-21(16,14-22)20(26)27/h1-3,6-7,16-17H,4-5,8-14H2,(H,26,27)/t16-,17?,21+/m0/s1. The van der Waals surface area contributed by atoms with Crippen LogP contribution in [-0.2, 0) is 20.8 Å². The molecule has 0 aromatic heterocycles. The van der Waals surface area contributed by atoms with E-state index in [2.05, 4.69) is 0 Å². The topological polar surface area (TPSA) is 77.9 Å². The van der Waals surface area contributed by atoms with E-state index in [1.807, 2.05) is 30.3 Å². The Labute approximate surface area is 159 Å². The van der Waals surface area contributed by atoms with E-state index in [-0.39, 0.29) is 17.7 Å². The minimum Gasteiger partial charge on any atom is -0.481 e. The van der Waals surface area contributed by atoms with Crippen molar-refractivity contribution in [2.24, 2.45) is 11.3 Å². The number of carboxylic acid groups (broad SMARTS) is 1. The highest BCUT2D eigenvalue weighted by Crippen LogP contribution is 2.49. The van der Waals surface area contributed by atoms with Gasteiger partial charge in [-0.2, -0.15) is 0 Å². The van der Waals surface area contributed by atoms with Crippen LogP contribution >= 0.6 is 0 Å². The summed E-state index contributed by atoms with van der Waals surface area (Å²) < 4.78 is 0. The minimum absolute atomic E-state index is 0.0237. The van der Waals surface area contributed by atoms with Gasteiger partial charge in [0.05, 0.1) is 11.8 Å². The Bertz CT molecular complexity index is 750. The molecular formula is C21H26N2O4. The molecule has 27 heavy (non-hydrogen) atoms. The van der Waals surface area contributed by atoms with Crippen molar-refractivity contribution in [2.45, 2.75) is 44.6 Å². The van der Waals surface area contributed by atoms with Gasteiger partial charge in [0.2, 0.25) is 11.8 Å². The smallest absolute Gasteiger partial charge is 0.311 e. The summed E-state index contributed by atoms with van der Waals surface area (Å²) in [6.07, 6.45) is 4.23. The Hall–Kier alpha value is -2.37. The van der Waals surface area contributed by atoms with Gasteiger partial charge < -0.3 is 14.9 Å². The zero-order chi connectivity index (χ0) is 19.0. The summed E-state index contributed by atoms with van der Waals surface area (Å²) in [6.45, 7) is 1.41. The van der Waals surface area contributed by atoms with Gasteiger partial charge in [-0.1, -0.05) is 36.8 Å². The molecule has 6 nitrogen and oxygen atoms in total. The van der Waals surface area contributed by atoms with Gasteiger partial charge in [0.25, 0.3) is 0 Å². The number of hydrogen-bond donors (Lipinski definition) is 1. The molecule has 4 rings (SSSR count). The average Bonchev–Trinajstić information content (AvgIpc) is 3.36. The van der Waals surface area contributed by atoms with Crippen molar-refractivity contribution in [2.75, 3.05) is 19.6 Å². The zero-order valence-electron chi connectivity index (χ0n) is 15.5. The van der Waals surface area contributed by atoms with E-state index in [1.54, 1.807) is 9.80 Å². The monoisotopic (exact) mass is 370 g/mol. The maximum Gasteiger partial charge on any atom is 0.311 e. The van der Waals surface area contributed by atoms with Crippen LogP contribution in [0.15, 0.2) is 30.3 Å². The molecule has 0 bridgehead atoms. The molecule has 2 amide bonds. The number of aliphatic carboxylic acids is 1. The molecule has 1 unspecified atom stereocenters. The number of fused-ring (bicyclic) bond motifs is 1. The lowest BCUT2D eigenvalue weighted by molar-refractivity contribution is -0.150. The molecule has 2 aliphatic heterocycles. The van der Waals surface area contributed by atoms with Crippen LogP contribution in [0.25, 0.3) is 0 Å². The van der Waals surface area contributed by atoms with Gasteiger partial charge in [-0.05, 0) is 37.2 Å². The molecule has 1 aliphatic carbocycles. The number of hydrogen-bond acceptors (Lipinski definition) is 3. The second-order valence-electron chi connectivity index (χ2n) is 8.18. The van der Waals surface area contributed by atoms with Crippen molar-refractivity contribution in [1.29, 1.82) is 0 Å². The summed E-state index contributed by atoms with van der Waals surface area (Å²) in [5.41, 5.74) is 0.175. The highest BCUT2D eigenvalue weighted by molar-refractivity contribution is 5.90. The van der Waals surface area contributed by atoms with Gasteiger partial charge in [0, 0.05) is 19.6 Å². The number of amides is 2. The van der Waals surface area contributed by atoms with Crippen molar-refractivity contribution in [3.63, 3.8) is 0 Å².